The van der Waals surface area contributed by atoms with Crippen LogP contribution in [0.25, 0.3) is 5.69 Å². The van der Waals surface area contributed by atoms with E-state index in [1.807, 2.05) is 54.0 Å². The van der Waals surface area contributed by atoms with Gasteiger partial charge in [0.25, 0.3) is 0 Å². The van der Waals surface area contributed by atoms with Crippen LogP contribution in [-0.4, -0.2) is 26.6 Å². The average molecular weight is 430 g/mol. The minimum absolute atomic E-state index is 0.199. The number of amides is 1. The normalized spacial score (nSPS) is 18.2. The number of carbonyl (C=O) groups is 1. The number of rotatable bonds is 4. The average Bonchev–Trinajstić information content (AvgIpc) is 3.16. The standard InChI is InChI=1S/C25H27N5O2/c1-17-28-29-24-23(27-25(31)32-16-18-10-4-2-5-11-18)26-22(19-12-6-3-7-13-19)20-14-8-9-15-21(20)30(17)24/h2,4-5,8-11,14-15,19,23H,3,6-7,12-13,16H2,1H3,(H,27,31). The summed E-state index contributed by atoms with van der Waals surface area (Å²) >= 11 is 0. The van der Waals surface area contributed by atoms with Crippen LogP contribution in [0, 0.1) is 12.8 Å². The molecule has 1 amide bonds. The smallest absolute Gasteiger partial charge is 0.409 e. The van der Waals surface area contributed by atoms with E-state index < -0.39 is 12.3 Å². The van der Waals surface area contributed by atoms with Gasteiger partial charge < -0.3 is 4.74 Å². The number of para-hydroxylation sites is 1. The van der Waals surface area contributed by atoms with E-state index in [1.54, 1.807) is 0 Å². The molecule has 1 N–H and O–H groups in total. The van der Waals surface area contributed by atoms with Crippen molar-refractivity contribution in [2.24, 2.45) is 10.9 Å². The maximum Gasteiger partial charge on any atom is 0.409 e. The number of aryl methyl sites for hydroxylation is 1. The Balaban J connectivity index is 1.48. The molecule has 0 radical (unpaired) electrons. The van der Waals surface area contributed by atoms with E-state index in [0.717, 1.165) is 41.2 Å². The molecular formula is C25H27N5O2. The molecule has 164 valence electrons. The van der Waals surface area contributed by atoms with Crippen LogP contribution in [-0.2, 0) is 11.3 Å². The van der Waals surface area contributed by atoms with Gasteiger partial charge >= 0.3 is 6.09 Å². The lowest BCUT2D eigenvalue weighted by Gasteiger charge is -2.24. The molecule has 0 spiro atoms. The van der Waals surface area contributed by atoms with Crippen molar-refractivity contribution in [1.29, 1.82) is 0 Å². The molecule has 1 saturated carbocycles. The molecule has 1 fully saturated rings. The van der Waals surface area contributed by atoms with E-state index in [9.17, 15) is 4.79 Å². The van der Waals surface area contributed by atoms with E-state index in [4.69, 9.17) is 9.73 Å². The van der Waals surface area contributed by atoms with Crippen LogP contribution in [0.1, 0.15) is 61.0 Å². The van der Waals surface area contributed by atoms with Gasteiger partial charge in [-0.1, -0.05) is 67.8 Å². The number of aliphatic imine (C=N–C) groups is 1. The summed E-state index contributed by atoms with van der Waals surface area (Å²) in [5.74, 6) is 1.72. The van der Waals surface area contributed by atoms with Gasteiger partial charge in [0.15, 0.2) is 12.0 Å². The highest BCUT2D eigenvalue weighted by Gasteiger charge is 2.32. The van der Waals surface area contributed by atoms with Crippen LogP contribution in [0.4, 0.5) is 4.79 Å². The molecule has 3 aromatic rings. The number of hydrogen-bond acceptors (Lipinski definition) is 5. The Labute approximate surface area is 187 Å². The van der Waals surface area contributed by atoms with Crippen molar-refractivity contribution in [3.8, 4) is 5.69 Å². The highest BCUT2D eigenvalue weighted by atomic mass is 16.5. The zero-order chi connectivity index (χ0) is 21.9. The number of ether oxygens (including phenoxy) is 1. The van der Waals surface area contributed by atoms with Crippen LogP contribution < -0.4 is 5.32 Å². The van der Waals surface area contributed by atoms with Crippen molar-refractivity contribution < 1.29 is 9.53 Å². The molecule has 32 heavy (non-hydrogen) atoms. The molecule has 2 aromatic carbocycles. The first-order chi connectivity index (χ1) is 15.7. The molecular weight excluding hydrogens is 402 g/mol. The molecule has 2 heterocycles. The predicted molar refractivity (Wildman–Crippen MR) is 122 cm³/mol. The second-order valence-electron chi connectivity index (χ2n) is 8.42. The summed E-state index contributed by atoms with van der Waals surface area (Å²) in [6, 6.07) is 17.9. The van der Waals surface area contributed by atoms with Gasteiger partial charge in [-0.3, -0.25) is 14.9 Å². The van der Waals surface area contributed by atoms with Crippen molar-refractivity contribution in [3.63, 3.8) is 0 Å². The van der Waals surface area contributed by atoms with Crippen LogP contribution in [0.2, 0.25) is 0 Å². The van der Waals surface area contributed by atoms with Gasteiger partial charge in [0.2, 0.25) is 0 Å². The summed E-state index contributed by atoms with van der Waals surface area (Å²) in [7, 11) is 0. The Bertz CT molecular complexity index is 1130. The molecule has 1 atom stereocenters. The van der Waals surface area contributed by atoms with Crippen molar-refractivity contribution in [2.45, 2.75) is 51.8 Å². The third-order valence-electron chi connectivity index (χ3n) is 6.24. The number of nitrogens with zero attached hydrogens (tertiary/aromatic N) is 4. The topological polar surface area (TPSA) is 81.4 Å². The molecule has 2 aliphatic rings. The Morgan fingerprint density at radius 1 is 1.03 bits per heavy atom. The first kappa shape index (κ1) is 20.4. The van der Waals surface area contributed by atoms with Crippen molar-refractivity contribution in [1.82, 2.24) is 20.1 Å². The Morgan fingerprint density at radius 3 is 2.59 bits per heavy atom. The maximum atomic E-state index is 12.7. The number of alkyl carbamates (subject to hydrolysis) is 1. The number of nitrogens with one attached hydrogen (secondary N) is 1. The molecule has 0 bridgehead atoms. The SMILES string of the molecule is Cc1nnc2n1-c1ccccc1C(C1CCCCC1)=NC2NC(=O)OCc1ccccc1. The number of hydrogen-bond donors (Lipinski definition) is 1. The Hall–Kier alpha value is -3.48. The zero-order valence-corrected chi connectivity index (χ0v) is 18.2. The summed E-state index contributed by atoms with van der Waals surface area (Å²) in [5.41, 5.74) is 4.07. The fourth-order valence-electron chi connectivity index (χ4n) is 4.68. The molecule has 0 saturated heterocycles. The van der Waals surface area contributed by atoms with Gasteiger partial charge in [-0.15, -0.1) is 10.2 Å². The second kappa shape index (κ2) is 8.94. The lowest BCUT2D eigenvalue weighted by Crippen LogP contribution is -2.30. The van der Waals surface area contributed by atoms with E-state index in [2.05, 4.69) is 27.6 Å². The van der Waals surface area contributed by atoms with Crippen molar-refractivity contribution in [3.05, 3.63) is 77.4 Å². The first-order valence-electron chi connectivity index (χ1n) is 11.3. The Kier molecular flexibility index (Phi) is 5.71. The van der Waals surface area contributed by atoms with Gasteiger partial charge in [-0.2, -0.15) is 0 Å². The second-order valence-corrected chi connectivity index (χ2v) is 8.42. The highest BCUT2D eigenvalue weighted by molar-refractivity contribution is 6.05. The third-order valence-corrected chi connectivity index (χ3v) is 6.24. The quantitative estimate of drug-likeness (QED) is 0.641. The molecule has 1 unspecified atom stereocenters. The largest absolute Gasteiger partial charge is 0.445 e. The van der Waals surface area contributed by atoms with Gasteiger partial charge in [-0.25, -0.2) is 4.79 Å². The maximum absolute atomic E-state index is 12.7. The number of benzene rings is 2. The molecule has 7 nitrogen and oxygen atoms in total. The van der Waals surface area contributed by atoms with Gasteiger partial charge in [0.1, 0.15) is 12.4 Å². The lowest BCUT2D eigenvalue weighted by atomic mass is 9.83. The summed E-state index contributed by atoms with van der Waals surface area (Å²) in [4.78, 5) is 17.8. The summed E-state index contributed by atoms with van der Waals surface area (Å²) in [5, 5.41) is 11.6. The van der Waals surface area contributed by atoms with E-state index in [-0.39, 0.29) is 6.61 Å². The van der Waals surface area contributed by atoms with Crippen LogP contribution in [0.3, 0.4) is 0 Å². The highest BCUT2D eigenvalue weighted by Crippen LogP contribution is 2.34. The number of carbonyl (C=O) groups excluding carboxylic acids is 1. The summed E-state index contributed by atoms with van der Waals surface area (Å²) in [6.07, 6.45) is 4.70. The van der Waals surface area contributed by atoms with E-state index in [1.165, 1.54) is 19.3 Å². The Morgan fingerprint density at radius 2 is 1.78 bits per heavy atom. The first-order valence-corrected chi connectivity index (χ1v) is 11.3. The predicted octanol–water partition coefficient (Wildman–Crippen LogP) is 4.88. The van der Waals surface area contributed by atoms with Crippen molar-refractivity contribution >= 4 is 11.8 Å². The zero-order valence-electron chi connectivity index (χ0n) is 18.2. The minimum Gasteiger partial charge on any atom is -0.445 e. The lowest BCUT2D eigenvalue weighted by molar-refractivity contribution is 0.135. The number of aromatic nitrogens is 3. The molecule has 5 rings (SSSR count). The summed E-state index contributed by atoms with van der Waals surface area (Å²) in [6.45, 7) is 2.12. The van der Waals surface area contributed by atoms with Crippen molar-refractivity contribution in [2.75, 3.05) is 0 Å². The fraction of sp³-hybridized carbons (Fsp3) is 0.360. The van der Waals surface area contributed by atoms with Gasteiger partial charge in [-0.05, 0) is 31.4 Å². The molecule has 1 aliphatic carbocycles. The van der Waals surface area contributed by atoms with E-state index in [0.29, 0.717) is 11.7 Å². The molecule has 1 aromatic heterocycles. The van der Waals surface area contributed by atoms with E-state index >= 15 is 0 Å². The van der Waals surface area contributed by atoms with Crippen LogP contribution in [0.5, 0.6) is 0 Å². The molecule has 1 aliphatic heterocycles. The monoisotopic (exact) mass is 429 g/mol. The van der Waals surface area contributed by atoms with Gasteiger partial charge in [0, 0.05) is 11.5 Å². The number of fused-ring (bicyclic) bond motifs is 3. The molecule has 7 heteroatoms. The fourth-order valence-corrected chi connectivity index (χ4v) is 4.68. The summed E-state index contributed by atoms with van der Waals surface area (Å²) < 4.78 is 7.47. The minimum atomic E-state index is -0.663. The van der Waals surface area contributed by atoms with Crippen LogP contribution in [0.15, 0.2) is 59.6 Å². The van der Waals surface area contributed by atoms with Gasteiger partial charge in [0.05, 0.1) is 11.4 Å². The van der Waals surface area contributed by atoms with Crippen LogP contribution >= 0.6 is 0 Å². The third kappa shape index (κ3) is 4.02.